The van der Waals surface area contributed by atoms with Gasteiger partial charge >= 0.3 is 5.76 Å². The maximum atomic E-state index is 12.9. The molecular weight excluding hydrogens is 372 g/mol. The minimum absolute atomic E-state index is 0.159. The number of sulfone groups is 1. The Labute approximate surface area is 158 Å². The Morgan fingerprint density at radius 1 is 1.19 bits per heavy atom. The first-order valence-electron chi connectivity index (χ1n) is 8.93. The van der Waals surface area contributed by atoms with Gasteiger partial charge in [-0.3, -0.25) is 0 Å². The topological polar surface area (TPSA) is 62.3 Å². The summed E-state index contributed by atoms with van der Waals surface area (Å²) in [7, 11) is -4.66. The summed E-state index contributed by atoms with van der Waals surface area (Å²) in [5.41, 5.74) is 1.00. The maximum Gasteiger partial charge on any atom is 0.341 e. The Balaban J connectivity index is 1.68. The smallest absolute Gasteiger partial charge is 0.341 e. The zero-order valence-electron chi connectivity index (χ0n) is 15.1. The molecule has 1 N–H and O–H groups in total. The molecule has 1 aromatic heterocycles. The van der Waals surface area contributed by atoms with Gasteiger partial charge in [0, 0.05) is 25.8 Å². The number of pyridine rings is 1. The van der Waals surface area contributed by atoms with Gasteiger partial charge < -0.3 is 10.2 Å². The molecule has 0 spiro atoms. The average Bonchev–Trinajstić information content (AvgIpc) is 2.67. The third-order valence-electron chi connectivity index (χ3n) is 4.83. The predicted octanol–water partition coefficient (Wildman–Crippen LogP) is 3.93. The fourth-order valence-electron chi connectivity index (χ4n) is 3.10. The van der Waals surface area contributed by atoms with Gasteiger partial charge in [0.1, 0.15) is 5.82 Å². The van der Waals surface area contributed by atoms with Crippen molar-refractivity contribution in [3.8, 4) is 0 Å². The fourth-order valence-corrected chi connectivity index (χ4v) is 4.01. The summed E-state index contributed by atoms with van der Waals surface area (Å²) in [5, 5.41) is 2.93. The van der Waals surface area contributed by atoms with Crippen LogP contribution in [0.5, 0.6) is 0 Å². The van der Waals surface area contributed by atoms with Gasteiger partial charge in [-0.25, -0.2) is 13.4 Å². The molecule has 2 aromatic rings. The molecule has 1 saturated heterocycles. The molecule has 8 heteroatoms. The fraction of sp³-hybridized carbons (Fsp3) is 0.421. The van der Waals surface area contributed by atoms with Crippen molar-refractivity contribution < 1.29 is 17.2 Å². The normalized spacial score (nSPS) is 15.9. The van der Waals surface area contributed by atoms with E-state index in [0.29, 0.717) is 6.54 Å². The van der Waals surface area contributed by atoms with Crippen LogP contribution < -0.4 is 10.2 Å². The second-order valence-corrected chi connectivity index (χ2v) is 8.74. The van der Waals surface area contributed by atoms with E-state index in [4.69, 9.17) is 0 Å². The third kappa shape index (κ3) is 4.55. The van der Waals surface area contributed by atoms with Crippen LogP contribution in [0, 0.1) is 5.92 Å². The number of rotatable bonds is 6. The highest BCUT2D eigenvalue weighted by atomic mass is 32.2. The molecule has 27 heavy (non-hydrogen) atoms. The highest BCUT2D eigenvalue weighted by Gasteiger charge is 2.28. The van der Waals surface area contributed by atoms with Crippen molar-refractivity contribution in [1.82, 2.24) is 4.98 Å². The molecular formula is C19H23F2N3O2S. The minimum atomic E-state index is -4.66. The number of hydrogen-bond donors (Lipinski definition) is 1. The number of benzene rings is 1. The van der Waals surface area contributed by atoms with Crippen molar-refractivity contribution in [2.45, 2.75) is 37.0 Å². The summed E-state index contributed by atoms with van der Waals surface area (Å²) in [6.45, 7) is 4.53. The van der Waals surface area contributed by atoms with Crippen molar-refractivity contribution in [1.29, 1.82) is 0 Å². The lowest BCUT2D eigenvalue weighted by Gasteiger charge is -2.31. The molecule has 1 fully saturated rings. The Kier molecular flexibility index (Phi) is 5.94. The van der Waals surface area contributed by atoms with Crippen molar-refractivity contribution in [2.75, 3.05) is 23.3 Å². The van der Waals surface area contributed by atoms with E-state index in [1.165, 1.54) is 18.2 Å². The van der Waals surface area contributed by atoms with Gasteiger partial charge in [-0.05, 0) is 42.5 Å². The summed E-state index contributed by atoms with van der Waals surface area (Å²) < 4.78 is 49.3. The molecule has 0 saturated carbocycles. The van der Waals surface area contributed by atoms with Gasteiger partial charge in [-0.15, -0.1) is 0 Å². The molecule has 2 heterocycles. The standard InChI is InChI=1S/C19H23F2N3O2S/c1-14-8-10-24(11-9-14)18-7-6-15(13-23-18)12-22-16-4-2-3-5-17(16)27(25,26)19(20)21/h2-7,13-14,19,22H,8-12H2,1H3. The second-order valence-electron chi connectivity index (χ2n) is 6.85. The van der Waals surface area contributed by atoms with Gasteiger partial charge in [0.15, 0.2) is 0 Å². The van der Waals surface area contributed by atoms with E-state index in [2.05, 4.69) is 22.1 Å². The number of hydrogen-bond acceptors (Lipinski definition) is 5. The van der Waals surface area contributed by atoms with Crippen molar-refractivity contribution in [3.63, 3.8) is 0 Å². The molecule has 0 amide bonds. The van der Waals surface area contributed by atoms with Crippen LogP contribution in [0.25, 0.3) is 0 Å². The van der Waals surface area contributed by atoms with Crippen LogP contribution in [-0.2, 0) is 16.4 Å². The van der Waals surface area contributed by atoms with E-state index in [-0.39, 0.29) is 5.69 Å². The van der Waals surface area contributed by atoms with Crippen LogP contribution in [0.4, 0.5) is 20.3 Å². The molecule has 0 unspecified atom stereocenters. The van der Waals surface area contributed by atoms with Crippen molar-refractivity contribution in [3.05, 3.63) is 48.2 Å². The van der Waals surface area contributed by atoms with E-state index in [1.54, 1.807) is 12.3 Å². The lowest BCUT2D eigenvalue weighted by atomic mass is 9.99. The van der Waals surface area contributed by atoms with Crippen LogP contribution in [0.15, 0.2) is 47.5 Å². The molecule has 0 aliphatic carbocycles. The van der Waals surface area contributed by atoms with E-state index in [0.717, 1.165) is 43.2 Å². The van der Waals surface area contributed by atoms with Crippen LogP contribution in [0.1, 0.15) is 25.3 Å². The zero-order chi connectivity index (χ0) is 19.4. The van der Waals surface area contributed by atoms with E-state index >= 15 is 0 Å². The van der Waals surface area contributed by atoms with Crippen LogP contribution in [0.2, 0.25) is 0 Å². The number of alkyl halides is 2. The number of halogens is 2. The Hall–Kier alpha value is -2.22. The highest BCUT2D eigenvalue weighted by Crippen LogP contribution is 2.27. The summed E-state index contributed by atoms with van der Waals surface area (Å²) in [6.07, 6.45) is 4.03. The highest BCUT2D eigenvalue weighted by molar-refractivity contribution is 7.91. The number of piperidine rings is 1. The van der Waals surface area contributed by atoms with Crippen LogP contribution >= 0.6 is 0 Å². The molecule has 1 aliphatic rings. The summed E-state index contributed by atoms with van der Waals surface area (Å²) in [6, 6.07) is 9.54. The lowest BCUT2D eigenvalue weighted by Crippen LogP contribution is -2.33. The van der Waals surface area contributed by atoms with Gasteiger partial charge in [-0.1, -0.05) is 25.1 Å². The first-order chi connectivity index (χ1) is 12.9. The number of para-hydroxylation sites is 1. The van der Waals surface area contributed by atoms with Crippen LogP contribution in [0.3, 0.4) is 0 Å². The molecule has 5 nitrogen and oxygen atoms in total. The largest absolute Gasteiger partial charge is 0.380 e. The Morgan fingerprint density at radius 2 is 1.89 bits per heavy atom. The number of anilines is 2. The van der Waals surface area contributed by atoms with E-state index in [9.17, 15) is 17.2 Å². The Bertz CT molecular complexity index is 865. The van der Waals surface area contributed by atoms with Gasteiger partial charge in [0.25, 0.3) is 0 Å². The third-order valence-corrected chi connectivity index (χ3v) is 6.27. The second kappa shape index (κ2) is 8.21. The van der Waals surface area contributed by atoms with Crippen LogP contribution in [-0.4, -0.2) is 32.2 Å². The van der Waals surface area contributed by atoms with Crippen molar-refractivity contribution >= 4 is 21.3 Å². The molecule has 146 valence electrons. The quantitative estimate of drug-likeness (QED) is 0.803. The molecule has 1 aliphatic heterocycles. The lowest BCUT2D eigenvalue weighted by molar-refractivity contribution is 0.235. The van der Waals surface area contributed by atoms with Gasteiger partial charge in [0.2, 0.25) is 9.84 Å². The molecule has 0 atom stereocenters. The zero-order valence-corrected chi connectivity index (χ0v) is 15.9. The van der Waals surface area contributed by atoms with E-state index in [1.807, 2.05) is 12.1 Å². The number of nitrogens with one attached hydrogen (secondary N) is 1. The first-order valence-corrected chi connectivity index (χ1v) is 10.5. The SMILES string of the molecule is CC1CCN(c2ccc(CNc3ccccc3S(=O)(=O)C(F)F)cn2)CC1. The minimum Gasteiger partial charge on any atom is -0.380 e. The summed E-state index contributed by atoms with van der Waals surface area (Å²) in [5.74, 6) is -1.78. The van der Waals surface area contributed by atoms with Crippen molar-refractivity contribution in [2.24, 2.45) is 5.92 Å². The number of aromatic nitrogens is 1. The summed E-state index contributed by atoms with van der Waals surface area (Å²) >= 11 is 0. The summed E-state index contributed by atoms with van der Waals surface area (Å²) in [4.78, 5) is 6.34. The first kappa shape index (κ1) is 19.5. The molecule has 3 rings (SSSR count). The number of nitrogens with zero attached hydrogens (tertiary/aromatic N) is 2. The van der Waals surface area contributed by atoms with Gasteiger partial charge in [-0.2, -0.15) is 8.78 Å². The molecule has 0 radical (unpaired) electrons. The predicted molar refractivity (Wildman–Crippen MR) is 102 cm³/mol. The Morgan fingerprint density at radius 3 is 2.52 bits per heavy atom. The van der Waals surface area contributed by atoms with Gasteiger partial charge in [0.05, 0.1) is 10.6 Å². The average molecular weight is 395 g/mol. The van der Waals surface area contributed by atoms with E-state index < -0.39 is 20.5 Å². The maximum absolute atomic E-state index is 12.9. The monoisotopic (exact) mass is 395 g/mol. The molecule has 1 aromatic carbocycles. The molecule has 0 bridgehead atoms.